The molecule has 2 amide bonds. The molecule has 0 aliphatic rings. The van der Waals surface area contributed by atoms with Crippen LogP contribution in [0.4, 0.5) is 18.9 Å². The maximum Gasteiger partial charge on any atom is 0.287 e. The quantitative estimate of drug-likeness (QED) is 0.736. The van der Waals surface area contributed by atoms with Crippen LogP contribution < -0.4 is 16.2 Å². The number of nitrogens with one attached hydrogen (secondary N) is 2. The number of nitrogens with zero attached hydrogens (tertiary/aromatic N) is 2. The van der Waals surface area contributed by atoms with Gasteiger partial charge in [-0.1, -0.05) is 23.2 Å². The predicted molar refractivity (Wildman–Crippen MR) is 86.5 cm³/mol. The Balaban J connectivity index is 1.94. The molecule has 0 fully saturated rings. The van der Waals surface area contributed by atoms with Crippen molar-refractivity contribution in [1.29, 1.82) is 0 Å². The van der Waals surface area contributed by atoms with E-state index in [1.165, 1.54) is 0 Å². The number of hydrogen-bond donors (Lipinski definition) is 2. The molecule has 2 aromatic rings. The Morgan fingerprint density at radius 1 is 1.12 bits per heavy atom. The van der Waals surface area contributed by atoms with Crippen molar-refractivity contribution in [2.75, 3.05) is 11.9 Å². The lowest BCUT2D eigenvalue weighted by molar-refractivity contribution is -0.124. The molecule has 1 aromatic carbocycles. The fourth-order valence-electron chi connectivity index (χ4n) is 1.75. The Hall–Kier alpha value is -2.59. The number of anilines is 1. The summed E-state index contributed by atoms with van der Waals surface area (Å²) in [4.78, 5) is 35.1. The van der Waals surface area contributed by atoms with E-state index in [1.807, 2.05) is 5.32 Å². The zero-order chi connectivity index (χ0) is 19.4. The van der Waals surface area contributed by atoms with E-state index >= 15 is 0 Å². The Morgan fingerprint density at radius 3 is 2.50 bits per heavy atom. The molecule has 0 spiro atoms. The standard InChI is InChI=1S/C14H9Cl2F3N4O3/c15-6-3-21-23(14(26)11(6)16)5-10(25)20-4-9(24)22-8-2-1-7(17)12(18)13(8)19/h1-3H,4-5H2,(H,20,25)(H,22,24). The highest BCUT2D eigenvalue weighted by Crippen LogP contribution is 2.19. The minimum Gasteiger partial charge on any atom is -0.345 e. The molecular weight excluding hydrogens is 400 g/mol. The maximum absolute atomic E-state index is 13.4. The van der Waals surface area contributed by atoms with Crippen molar-refractivity contribution in [2.24, 2.45) is 0 Å². The van der Waals surface area contributed by atoms with Crippen molar-refractivity contribution in [3.8, 4) is 0 Å². The molecule has 0 aliphatic heterocycles. The minimum atomic E-state index is -1.74. The average Bonchev–Trinajstić information content (AvgIpc) is 2.61. The van der Waals surface area contributed by atoms with Gasteiger partial charge in [0.2, 0.25) is 11.8 Å². The first-order chi connectivity index (χ1) is 12.2. The van der Waals surface area contributed by atoms with Crippen LogP contribution in [-0.4, -0.2) is 28.1 Å². The Morgan fingerprint density at radius 2 is 1.81 bits per heavy atom. The van der Waals surface area contributed by atoms with Crippen LogP contribution in [0.25, 0.3) is 0 Å². The summed E-state index contributed by atoms with van der Waals surface area (Å²) in [5.74, 6) is -6.40. The van der Waals surface area contributed by atoms with E-state index in [-0.39, 0.29) is 10.0 Å². The lowest BCUT2D eigenvalue weighted by Crippen LogP contribution is -2.38. The zero-order valence-corrected chi connectivity index (χ0v) is 14.2. The van der Waals surface area contributed by atoms with Crippen LogP contribution in [0.3, 0.4) is 0 Å². The SMILES string of the molecule is O=C(Cn1ncc(Cl)c(Cl)c1=O)NCC(=O)Nc1ccc(F)c(F)c1F. The fourth-order valence-corrected chi connectivity index (χ4v) is 2.02. The van der Waals surface area contributed by atoms with E-state index in [0.29, 0.717) is 6.07 Å². The van der Waals surface area contributed by atoms with E-state index in [9.17, 15) is 27.6 Å². The number of carbonyl (C=O) groups is 2. The van der Waals surface area contributed by atoms with Gasteiger partial charge in [-0.25, -0.2) is 17.9 Å². The number of carbonyl (C=O) groups excluding carboxylic acids is 2. The number of amides is 2. The molecule has 1 heterocycles. The molecule has 138 valence electrons. The number of hydrogen-bond acceptors (Lipinski definition) is 4. The van der Waals surface area contributed by atoms with E-state index in [2.05, 4.69) is 10.4 Å². The van der Waals surface area contributed by atoms with Gasteiger partial charge in [-0.05, 0) is 12.1 Å². The third-order valence-electron chi connectivity index (χ3n) is 2.99. The first-order valence-corrected chi connectivity index (χ1v) is 7.57. The van der Waals surface area contributed by atoms with Crippen molar-refractivity contribution in [3.63, 3.8) is 0 Å². The third-order valence-corrected chi connectivity index (χ3v) is 3.74. The van der Waals surface area contributed by atoms with Crippen molar-refractivity contribution >= 4 is 40.7 Å². The lowest BCUT2D eigenvalue weighted by atomic mass is 10.2. The Kier molecular flexibility index (Phi) is 6.22. The second-order valence-corrected chi connectivity index (χ2v) is 5.60. The van der Waals surface area contributed by atoms with Crippen LogP contribution >= 0.6 is 23.2 Å². The summed E-state index contributed by atoms with van der Waals surface area (Å²) in [7, 11) is 0. The van der Waals surface area contributed by atoms with Crippen LogP contribution in [0.15, 0.2) is 23.1 Å². The molecule has 0 saturated carbocycles. The molecule has 2 rings (SSSR count). The van der Waals surface area contributed by atoms with Crippen LogP contribution in [0.2, 0.25) is 10.0 Å². The third kappa shape index (κ3) is 4.52. The van der Waals surface area contributed by atoms with Crippen molar-refractivity contribution < 1.29 is 22.8 Å². The Labute approximate surface area is 153 Å². The molecular formula is C14H9Cl2F3N4O3. The molecule has 7 nitrogen and oxygen atoms in total. The average molecular weight is 409 g/mol. The van der Waals surface area contributed by atoms with E-state index in [0.717, 1.165) is 16.9 Å². The number of halogens is 5. The van der Waals surface area contributed by atoms with Gasteiger partial charge in [-0.2, -0.15) is 5.10 Å². The number of rotatable bonds is 5. The van der Waals surface area contributed by atoms with Crippen molar-refractivity contribution in [3.05, 3.63) is 56.2 Å². The van der Waals surface area contributed by atoms with Gasteiger partial charge in [-0.3, -0.25) is 14.4 Å². The number of aromatic nitrogens is 2. The maximum atomic E-state index is 13.4. The van der Waals surface area contributed by atoms with Gasteiger partial charge in [-0.15, -0.1) is 0 Å². The van der Waals surface area contributed by atoms with Gasteiger partial charge in [0.05, 0.1) is 23.5 Å². The molecule has 26 heavy (non-hydrogen) atoms. The molecule has 0 aliphatic carbocycles. The fraction of sp³-hybridized carbons (Fsp3) is 0.143. The molecule has 0 bridgehead atoms. The molecule has 2 N–H and O–H groups in total. The normalized spacial score (nSPS) is 10.5. The van der Waals surface area contributed by atoms with Crippen molar-refractivity contribution in [1.82, 2.24) is 15.1 Å². The van der Waals surface area contributed by atoms with Gasteiger partial charge < -0.3 is 10.6 Å². The molecule has 0 unspecified atom stereocenters. The van der Waals surface area contributed by atoms with Gasteiger partial charge >= 0.3 is 0 Å². The summed E-state index contributed by atoms with van der Waals surface area (Å²) in [6.45, 7) is -1.17. The number of benzene rings is 1. The van der Waals surface area contributed by atoms with E-state index < -0.39 is 53.6 Å². The second kappa shape index (κ2) is 8.19. The summed E-state index contributed by atoms with van der Waals surface area (Å²) in [5.41, 5.74) is -1.40. The lowest BCUT2D eigenvalue weighted by Gasteiger charge is -2.09. The summed E-state index contributed by atoms with van der Waals surface area (Å²) in [6.07, 6.45) is 1.07. The van der Waals surface area contributed by atoms with Crippen LogP contribution in [0.1, 0.15) is 0 Å². The molecule has 1 aromatic heterocycles. The first-order valence-electron chi connectivity index (χ1n) is 6.82. The monoisotopic (exact) mass is 408 g/mol. The second-order valence-electron chi connectivity index (χ2n) is 4.82. The first kappa shape index (κ1) is 19.7. The summed E-state index contributed by atoms with van der Waals surface area (Å²) < 4.78 is 40.0. The summed E-state index contributed by atoms with van der Waals surface area (Å²) in [5, 5.41) is 7.31. The molecule has 12 heteroatoms. The van der Waals surface area contributed by atoms with Crippen LogP contribution in [-0.2, 0) is 16.1 Å². The highest BCUT2D eigenvalue weighted by molar-refractivity contribution is 6.41. The Bertz CT molecular complexity index is 936. The largest absolute Gasteiger partial charge is 0.345 e. The molecule has 0 atom stereocenters. The van der Waals surface area contributed by atoms with Crippen molar-refractivity contribution in [2.45, 2.75) is 6.54 Å². The minimum absolute atomic E-state index is 0.0822. The molecule has 0 radical (unpaired) electrons. The summed E-state index contributed by atoms with van der Waals surface area (Å²) >= 11 is 11.2. The molecule has 0 saturated heterocycles. The highest BCUT2D eigenvalue weighted by Gasteiger charge is 2.16. The van der Waals surface area contributed by atoms with Gasteiger partial charge in [0.15, 0.2) is 17.5 Å². The van der Waals surface area contributed by atoms with Crippen LogP contribution in [0.5, 0.6) is 0 Å². The van der Waals surface area contributed by atoms with E-state index in [1.54, 1.807) is 0 Å². The highest BCUT2D eigenvalue weighted by atomic mass is 35.5. The zero-order valence-electron chi connectivity index (χ0n) is 12.7. The van der Waals surface area contributed by atoms with Crippen LogP contribution in [0, 0.1) is 17.5 Å². The summed E-state index contributed by atoms with van der Waals surface area (Å²) in [6, 6.07) is 1.46. The smallest absolute Gasteiger partial charge is 0.287 e. The topological polar surface area (TPSA) is 93.1 Å². The van der Waals surface area contributed by atoms with Gasteiger partial charge in [0.1, 0.15) is 11.6 Å². The van der Waals surface area contributed by atoms with E-state index in [4.69, 9.17) is 23.2 Å². The predicted octanol–water partition coefficient (Wildman–Crippen LogP) is 1.72. The van der Waals surface area contributed by atoms with Gasteiger partial charge in [0.25, 0.3) is 5.56 Å². The van der Waals surface area contributed by atoms with Gasteiger partial charge in [0, 0.05) is 0 Å².